The van der Waals surface area contributed by atoms with Gasteiger partial charge in [0.15, 0.2) is 0 Å². The van der Waals surface area contributed by atoms with Crippen molar-refractivity contribution in [2.24, 2.45) is 0 Å². The molecule has 0 saturated heterocycles. The van der Waals surface area contributed by atoms with E-state index in [2.05, 4.69) is 26.6 Å². The maximum Gasteiger partial charge on any atom is 0.319 e. The van der Waals surface area contributed by atoms with E-state index in [9.17, 15) is 13.6 Å². The summed E-state index contributed by atoms with van der Waals surface area (Å²) >= 11 is 3.39. The highest BCUT2D eigenvalue weighted by Gasteiger charge is 2.08. The average Bonchev–Trinajstić information content (AvgIpc) is 2.50. The molecule has 0 atom stereocenters. The van der Waals surface area contributed by atoms with E-state index in [4.69, 9.17) is 4.74 Å². The van der Waals surface area contributed by atoms with E-state index in [1.54, 1.807) is 7.11 Å². The molecule has 2 N–H and O–H groups in total. The van der Waals surface area contributed by atoms with E-state index in [0.717, 1.165) is 21.9 Å². The molecule has 0 heterocycles. The molecular formula is C16H15BrF2N2O2. The number of anilines is 1. The van der Waals surface area contributed by atoms with Gasteiger partial charge in [-0.3, -0.25) is 0 Å². The van der Waals surface area contributed by atoms with Crippen LogP contribution in [0, 0.1) is 11.6 Å². The number of urea groups is 1. The van der Waals surface area contributed by atoms with Crippen LogP contribution in [0.2, 0.25) is 0 Å². The highest BCUT2D eigenvalue weighted by Crippen LogP contribution is 2.25. The summed E-state index contributed by atoms with van der Waals surface area (Å²) in [5.41, 5.74) is 0.932. The lowest BCUT2D eigenvalue weighted by Gasteiger charge is -2.09. The Morgan fingerprint density at radius 3 is 2.65 bits per heavy atom. The van der Waals surface area contributed by atoms with Gasteiger partial charge in [0.2, 0.25) is 0 Å². The van der Waals surface area contributed by atoms with Crippen LogP contribution < -0.4 is 15.4 Å². The molecule has 2 amide bonds. The fourth-order valence-electron chi connectivity index (χ4n) is 1.94. The van der Waals surface area contributed by atoms with Crippen molar-refractivity contribution >= 4 is 27.6 Å². The van der Waals surface area contributed by atoms with E-state index in [-0.39, 0.29) is 5.69 Å². The molecule has 2 rings (SSSR count). The predicted octanol–water partition coefficient (Wildman–Crippen LogP) is 4.10. The van der Waals surface area contributed by atoms with Crippen molar-refractivity contribution in [1.29, 1.82) is 0 Å². The number of ether oxygens (including phenoxy) is 1. The molecule has 0 fully saturated rings. The van der Waals surface area contributed by atoms with Crippen LogP contribution in [0.15, 0.2) is 40.9 Å². The first-order valence-electron chi connectivity index (χ1n) is 6.82. The summed E-state index contributed by atoms with van der Waals surface area (Å²) in [6.45, 7) is 0.368. The van der Waals surface area contributed by atoms with E-state index in [1.807, 2.05) is 18.2 Å². The quantitative estimate of drug-likeness (QED) is 0.815. The van der Waals surface area contributed by atoms with E-state index in [0.29, 0.717) is 19.0 Å². The molecule has 0 aliphatic carbocycles. The average molecular weight is 385 g/mol. The Kier molecular flexibility index (Phi) is 5.92. The number of carbonyl (C=O) groups excluding carboxylic acids is 1. The molecule has 0 spiro atoms. The summed E-state index contributed by atoms with van der Waals surface area (Å²) in [5.74, 6) is -0.788. The Labute approximate surface area is 141 Å². The molecular weight excluding hydrogens is 370 g/mol. The van der Waals surface area contributed by atoms with Gasteiger partial charge in [-0.25, -0.2) is 13.6 Å². The highest BCUT2D eigenvalue weighted by molar-refractivity contribution is 9.10. The molecule has 7 heteroatoms. The van der Waals surface area contributed by atoms with Gasteiger partial charge in [-0.1, -0.05) is 6.07 Å². The smallest absolute Gasteiger partial charge is 0.319 e. The second-order valence-electron chi connectivity index (χ2n) is 4.72. The topological polar surface area (TPSA) is 50.4 Å². The SMILES string of the molecule is COc1ccc(CCNC(=O)Nc2ccc(F)cc2F)cc1Br. The normalized spacial score (nSPS) is 10.3. The first-order valence-corrected chi connectivity index (χ1v) is 7.61. The van der Waals surface area contributed by atoms with E-state index >= 15 is 0 Å². The van der Waals surface area contributed by atoms with Gasteiger partial charge in [-0.2, -0.15) is 0 Å². The second-order valence-corrected chi connectivity index (χ2v) is 5.58. The number of hydrogen-bond donors (Lipinski definition) is 2. The number of methoxy groups -OCH3 is 1. The maximum absolute atomic E-state index is 13.4. The van der Waals surface area contributed by atoms with Crippen LogP contribution in [0.4, 0.5) is 19.3 Å². The number of benzene rings is 2. The third-order valence-electron chi connectivity index (χ3n) is 3.09. The minimum Gasteiger partial charge on any atom is -0.496 e. The van der Waals surface area contributed by atoms with Gasteiger partial charge in [0.25, 0.3) is 0 Å². The molecule has 122 valence electrons. The monoisotopic (exact) mass is 384 g/mol. The Morgan fingerprint density at radius 2 is 2.00 bits per heavy atom. The molecule has 4 nitrogen and oxygen atoms in total. The Balaban J connectivity index is 1.84. The number of amides is 2. The molecule has 0 radical (unpaired) electrons. The number of nitrogens with one attached hydrogen (secondary N) is 2. The number of hydrogen-bond acceptors (Lipinski definition) is 2. The van der Waals surface area contributed by atoms with Crippen molar-refractivity contribution < 1.29 is 18.3 Å². The van der Waals surface area contributed by atoms with E-state index in [1.165, 1.54) is 6.07 Å². The Hall–Kier alpha value is -2.15. The lowest BCUT2D eigenvalue weighted by molar-refractivity contribution is 0.252. The zero-order valence-corrected chi connectivity index (χ0v) is 13.9. The first-order chi connectivity index (χ1) is 11.0. The van der Waals surface area contributed by atoms with Crippen LogP contribution in [-0.4, -0.2) is 19.7 Å². The largest absolute Gasteiger partial charge is 0.496 e. The van der Waals surface area contributed by atoms with Crippen molar-refractivity contribution in [1.82, 2.24) is 5.32 Å². The fourth-order valence-corrected chi connectivity index (χ4v) is 2.53. The lowest BCUT2D eigenvalue weighted by Crippen LogP contribution is -2.30. The summed E-state index contributed by atoms with van der Waals surface area (Å²) in [4.78, 5) is 11.7. The van der Waals surface area contributed by atoms with Crippen LogP contribution in [0.25, 0.3) is 0 Å². The predicted molar refractivity (Wildman–Crippen MR) is 87.8 cm³/mol. The molecule has 0 unspecified atom stereocenters. The van der Waals surface area contributed by atoms with Crippen molar-refractivity contribution in [3.8, 4) is 5.75 Å². The van der Waals surface area contributed by atoms with E-state index < -0.39 is 17.7 Å². The molecule has 0 aliphatic heterocycles. The Morgan fingerprint density at radius 1 is 1.22 bits per heavy atom. The van der Waals surface area contributed by atoms with Crippen LogP contribution in [0.5, 0.6) is 5.75 Å². The summed E-state index contributed by atoms with van der Waals surface area (Å²) in [5, 5.41) is 4.94. The third kappa shape index (κ3) is 4.92. The lowest BCUT2D eigenvalue weighted by atomic mass is 10.1. The molecule has 23 heavy (non-hydrogen) atoms. The van der Waals surface area contributed by atoms with Crippen LogP contribution in [0.1, 0.15) is 5.56 Å². The summed E-state index contributed by atoms with van der Waals surface area (Å²) in [7, 11) is 1.58. The number of halogens is 3. The van der Waals surface area contributed by atoms with Crippen molar-refractivity contribution in [3.63, 3.8) is 0 Å². The minimum atomic E-state index is -0.820. The molecule has 2 aromatic carbocycles. The molecule has 0 saturated carbocycles. The molecule has 0 aliphatic rings. The van der Waals surface area contributed by atoms with Crippen LogP contribution in [-0.2, 0) is 6.42 Å². The van der Waals surface area contributed by atoms with Gasteiger partial charge in [-0.15, -0.1) is 0 Å². The van der Waals surface area contributed by atoms with Crippen LogP contribution >= 0.6 is 15.9 Å². The second kappa shape index (κ2) is 7.92. The minimum absolute atomic E-state index is 0.0731. The van der Waals surface area contributed by atoms with Crippen molar-refractivity contribution in [2.45, 2.75) is 6.42 Å². The highest BCUT2D eigenvalue weighted by atomic mass is 79.9. The van der Waals surface area contributed by atoms with Crippen LogP contribution in [0.3, 0.4) is 0 Å². The third-order valence-corrected chi connectivity index (χ3v) is 3.71. The molecule has 0 aromatic heterocycles. The van der Waals surface area contributed by atoms with Gasteiger partial charge in [0.05, 0.1) is 17.3 Å². The summed E-state index contributed by atoms with van der Waals surface area (Å²) in [6.07, 6.45) is 0.599. The van der Waals surface area contributed by atoms with Crippen molar-refractivity contribution in [2.75, 3.05) is 19.0 Å². The Bertz CT molecular complexity index is 710. The first kappa shape index (κ1) is 17.2. The van der Waals surface area contributed by atoms with Crippen molar-refractivity contribution in [3.05, 3.63) is 58.1 Å². The number of carbonyl (C=O) groups is 1. The zero-order chi connectivity index (χ0) is 16.8. The van der Waals surface area contributed by atoms with Gasteiger partial charge in [-0.05, 0) is 52.2 Å². The molecule has 2 aromatic rings. The van der Waals surface area contributed by atoms with Gasteiger partial charge < -0.3 is 15.4 Å². The standard InChI is InChI=1S/C16H15BrF2N2O2/c1-23-15-5-2-10(8-12(15)17)6-7-20-16(22)21-14-4-3-11(18)9-13(14)19/h2-5,8-9H,6-7H2,1H3,(H2,20,21,22). The summed E-state index contributed by atoms with van der Waals surface area (Å²) < 4.78 is 32.2. The van der Waals surface area contributed by atoms with Gasteiger partial charge in [0.1, 0.15) is 17.4 Å². The number of rotatable bonds is 5. The van der Waals surface area contributed by atoms with Gasteiger partial charge >= 0.3 is 6.03 Å². The fraction of sp³-hybridized carbons (Fsp3) is 0.188. The van der Waals surface area contributed by atoms with Gasteiger partial charge in [0, 0.05) is 12.6 Å². The maximum atomic E-state index is 13.4. The summed E-state index contributed by atoms with van der Waals surface area (Å²) in [6, 6.07) is 8.03. The zero-order valence-electron chi connectivity index (χ0n) is 12.3. The molecule has 0 bridgehead atoms.